The number of hydrogen-bond acceptors (Lipinski definition) is 8. The van der Waals surface area contributed by atoms with Gasteiger partial charge in [-0.1, -0.05) is 6.07 Å². The first-order valence-electron chi connectivity index (χ1n) is 9.19. The average molecular weight is 427 g/mol. The first-order valence-corrected chi connectivity index (χ1v) is 9.19. The van der Waals surface area contributed by atoms with Gasteiger partial charge >= 0.3 is 0 Å². The number of allylic oxidation sites excluding steroid dienone is 1. The second-order valence-electron chi connectivity index (χ2n) is 6.29. The Morgan fingerprint density at radius 1 is 1.06 bits per heavy atom. The number of nitrogens with one attached hydrogen (secondary N) is 1. The molecule has 1 unspecified atom stereocenters. The zero-order valence-electron chi connectivity index (χ0n) is 17.8. The van der Waals surface area contributed by atoms with Gasteiger partial charge in [-0.15, -0.1) is 0 Å². The molecule has 2 aromatic carbocycles. The molecular weight excluding hydrogens is 402 g/mol. The van der Waals surface area contributed by atoms with Crippen LogP contribution < -0.4 is 30.0 Å². The van der Waals surface area contributed by atoms with E-state index < -0.39 is 18.6 Å². The zero-order chi connectivity index (χ0) is 23.0. The average Bonchev–Trinajstić information content (AvgIpc) is 2.80. The fourth-order valence-electron chi connectivity index (χ4n) is 2.92. The lowest BCUT2D eigenvalue weighted by Gasteiger charge is -2.17. The van der Waals surface area contributed by atoms with Crippen molar-refractivity contribution in [3.63, 3.8) is 0 Å². The van der Waals surface area contributed by atoms with Crippen molar-refractivity contribution in [1.29, 1.82) is 5.26 Å². The van der Waals surface area contributed by atoms with Crippen LogP contribution >= 0.6 is 0 Å². The number of amides is 1. The van der Waals surface area contributed by atoms with Gasteiger partial charge in [0.25, 0.3) is 0 Å². The monoisotopic (exact) mass is 427 g/mol. The van der Waals surface area contributed by atoms with E-state index in [2.05, 4.69) is 5.32 Å². The van der Waals surface area contributed by atoms with E-state index in [1.807, 2.05) is 6.07 Å². The van der Waals surface area contributed by atoms with Crippen molar-refractivity contribution in [3.05, 3.63) is 47.5 Å². The lowest BCUT2D eigenvalue weighted by atomic mass is 9.96. The second-order valence-corrected chi connectivity index (χ2v) is 6.29. The van der Waals surface area contributed by atoms with Gasteiger partial charge < -0.3 is 35.1 Å². The Morgan fingerprint density at radius 2 is 1.68 bits per heavy atom. The number of hydrogen-bond donors (Lipinski definition) is 3. The molecular formula is C22H25N3O6. The Kier molecular flexibility index (Phi) is 8.25. The Labute approximate surface area is 180 Å². The minimum absolute atomic E-state index is 0.338. The molecule has 0 aromatic heterocycles. The lowest BCUT2D eigenvalue weighted by molar-refractivity contribution is -0.118. The summed E-state index contributed by atoms with van der Waals surface area (Å²) in [6.45, 7) is -0.501. The molecule has 0 aliphatic carbocycles. The lowest BCUT2D eigenvalue weighted by Crippen LogP contribution is -2.38. The highest BCUT2D eigenvalue weighted by Gasteiger charge is 2.19. The summed E-state index contributed by atoms with van der Waals surface area (Å²) in [6.07, 6.45) is 1.37. The molecule has 0 aliphatic rings. The summed E-state index contributed by atoms with van der Waals surface area (Å²) in [4.78, 5) is 12.2. The van der Waals surface area contributed by atoms with Crippen molar-refractivity contribution in [2.24, 2.45) is 5.73 Å². The maximum atomic E-state index is 12.2. The summed E-state index contributed by atoms with van der Waals surface area (Å²) in [5.74, 6) is 1.10. The molecule has 2 rings (SSSR count). The van der Waals surface area contributed by atoms with Crippen molar-refractivity contribution in [2.45, 2.75) is 6.04 Å². The highest BCUT2D eigenvalue weighted by atomic mass is 16.5. The minimum Gasteiger partial charge on any atom is -0.495 e. The van der Waals surface area contributed by atoms with E-state index in [4.69, 9.17) is 29.8 Å². The molecule has 4 N–H and O–H groups in total. The molecule has 0 spiro atoms. The number of ether oxygens (including phenoxy) is 4. The van der Waals surface area contributed by atoms with E-state index in [1.165, 1.54) is 34.5 Å². The van der Waals surface area contributed by atoms with Crippen molar-refractivity contribution >= 4 is 17.2 Å². The number of nitriles is 1. The van der Waals surface area contributed by atoms with E-state index in [-0.39, 0.29) is 0 Å². The van der Waals surface area contributed by atoms with Gasteiger partial charge in [-0.25, -0.2) is 0 Å². The van der Waals surface area contributed by atoms with Crippen LogP contribution in [0.25, 0.3) is 5.57 Å². The molecule has 9 heteroatoms. The Morgan fingerprint density at radius 3 is 2.16 bits per heavy atom. The fourth-order valence-corrected chi connectivity index (χ4v) is 2.92. The summed E-state index contributed by atoms with van der Waals surface area (Å²) in [5.41, 5.74) is 7.72. The predicted octanol–water partition coefficient (Wildman–Crippen LogP) is 1.93. The molecule has 164 valence electrons. The minimum atomic E-state index is -1.09. The van der Waals surface area contributed by atoms with Gasteiger partial charge in [-0.3, -0.25) is 4.79 Å². The first kappa shape index (κ1) is 23.5. The number of nitrogens with two attached hydrogens (primary N) is 1. The molecule has 0 saturated heterocycles. The number of aliphatic hydroxyl groups excluding tert-OH is 1. The number of anilines is 1. The van der Waals surface area contributed by atoms with Crippen LogP contribution in [0.5, 0.6) is 23.0 Å². The highest BCUT2D eigenvalue weighted by Crippen LogP contribution is 2.41. The molecule has 1 atom stereocenters. The van der Waals surface area contributed by atoms with Crippen LogP contribution in [0.3, 0.4) is 0 Å². The zero-order valence-corrected chi connectivity index (χ0v) is 17.8. The van der Waals surface area contributed by atoms with Gasteiger partial charge in [0.05, 0.1) is 46.8 Å². The molecule has 31 heavy (non-hydrogen) atoms. The molecule has 0 radical (unpaired) electrons. The number of aliphatic hydroxyl groups is 1. The van der Waals surface area contributed by atoms with Gasteiger partial charge in [0, 0.05) is 6.08 Å². The molecule has 0 heterocycles. The van der Waals surface area contributed by atoms with Gasteiger partial charge in [0.15, 0.2) is 11.5 Å². The number of rotatable bonds is 9. The summed E-state index contributed by atoms with van der Waals surface area (Å²) in [5, 5.41) is 21.1. The number of carbonyl (C=O) groups is 1. The molecule has 9 nitrogen and oxygen atoms in total. The van der Waals surface area contributed by atoms with Crippen LogP contribution in [0.2, 0.25) is 0 Å². The topological polar surface area (TPSA) is 136 Å². The molecule has 0 bridgehead atoms. The Bertz CT molecular complexity index is 988. The maximum absolute atomic E-state index is 12.2. The Hall–Kier alpha value is -3.74. The summed E-state index contributed by atoms with van der Waals surface area (Å²) < 4.78 is 21.5. The number of nitrogens with zero attached hydrogens (tertiary/aromatic N) is 1. The molecule has 0 saturated carbocycles. The van der Waals surface area contributed by atoms with E-state index >= 15 is 0 Å². The largest absolute Gasteiger partial charge is 0.495 e. The van der Waals surface area contributed by atoms with Crippen LogP contribution in [0.1, 0.15) is 11.1 Å². The van der Waals surface area contributed by atoms with Gasteiger partial charge in [-0.05, 0) is 41.0 Å². The SMILES string of the molecule is COc1ccc(/C(=C\C#N)c2cc(OC)c(OC)c(OC)c2)cc1NC(=O)C(N)CO. The smallest absolute Gasteiger partial charge is 0.243 e. The van der Waals surface area contributed by atoms with Gasteiger partial charge in [-0.2, -0.15) is 5.26 Å². The molecule has 0 fully saturated rings. The van der Waals surface area contributed by atoms with E-state index in [9.17, 15) is 10.1 Å². The van der Waals surface area contributed by atoms with Gasteiger partial charge in [0.2, 0.25) is 11.7 Å². The number of methoxy groups -OCH3 is 4. The molecule has 0 aliphatic heterocycles. The third-order valence-corrected chi connectivity index (χ3v) is 4.49. The normalized spacial score (nSPS) is 11.8. The molecule has 2 aromatic rings. The number of benzene rings is 2. The van der Waals surface area contributed by atoms with Crippen LogP contribution in [-0.2, 0) is 4.79 Å². The third kappa shape index (κ3) is 5.25. The van der Waals surface area contributed by atoms with Crippen LogP contribution in [0.15, 0.2) is 36.4 Å². The van der Waals surface area contributed by atoms with Crippen molar-refractivity contribution in [3.8, 4) is 29.1 Å². The Balaban J connectivity index is 2.61. The fraction of sp³-hybridized carbons (Fsp3) is 0.273. The van der Waals surface area contributed by atoms with Crippen LogP contribution in [-0.4, -0.2) is 52.1 Å². The van der Waals surface area contributed by atoms with Crippen molar-refractivity contribution < 1.29 is 28.8 Å². The quantitative estimate of drug-likeness (QED) is 0.517. The van der Waals surface area contributed by atoms with Gasteiger partial charge in [0.1, 0.15) is 11.8 Å². The van der Waals surface area contributed by atoms with E-state index in [0.717, 1.165) is 0 Å². The summed E-state index contributed by atoms with van der Waals surface area (Å²) in [6, 6.07) is 9.43. The summed E-state index contributed by atoms with van der Waals surface area (Å²) in [7, 11) is 5.96. The second kappa shape index (κ2) is 10.9. The van der Waals surface area contributed by atoms with Crippen LogP contribution in [0.4, 0.5) is 5.69 Å². The third-order valence-electron chi connectivity index (χ3n) is 4.49. The highest BCUT2D eigenvalue weighted by molar-refractivity contribution is 5.97. The maximum Gasteiger partial charge on any atom is 0.243 e. The number of carbonyl (C=O) groups excluding carboxylic acids is 1. The molecule has 1 amide bonds. The standard InChI is InChI=1S/C22H25N3O6/c1-28-18-6-5-13(9-17(18)25-22(27)16(24)12-26)15(7-8-23)14-10-19(29-2)21(31-4)20(11-14)30-3/h5-7,9-11,16,26H,12,24H2,1-4H3,(H,25,27)/b15-7+. The van der Waals surface area contributed by atoms with E-state index in [0.29, 0.717) is 45.4 Å². The predicted molar refractivity (Wildman–Crippen MR) is 115 cm³/mol. The summed E-state index contributed by atoms with van der Waals surface area (Å²) >= 11 is 0. The van der Waals surface area contributed by atoms with Crippen molar-refractivity contribution in [1.82, 2.24) is 0 Å². The van der Waals surface area contributed by atoms with E-state index in [1.54, 1.807) is 30.3 Å². The van der Waals surface area contributed by atoms with Crippen LogP contribution in [0, 0.1) is 11.3 Å². The first-order chi connectivity index (χ1) is 14.9. The van der Waals surface area contributed by atoms with Crippen molar-refractivity contribution in [2.75, 3.05) is 40.4 Å².